The zero-order valence-corrected chi connectivity index (χ0v) is 12.5. The van der Waals surface area contributed by atoms with Crippen molar-refractivity contribution in [3.05, 3.63) is 63.7 Å². The maximum Gasteiger partial charge on any atom is 0.339 e. The largest absolute Gasteiger partial charge is 0.455 e. The molecule has 2 heterocycles. The van der Waals surface area contributed by atoms with Crippen molar-refractivity contribution in [2.45, 2.75) is 13.5 Å². The molecule has 0 saturated carbocycles. The summed E-state index contributed by atoms with van der Waals surface area (Å²) in [5.41, 5.74) is 2.55. The first-order valence-corrected chi connectivity index (χ1v) is 7.50. The summed E-state index contributed by atoms with van der Waals surface area (Å²) in [6, 6.07) is 7.64. The van der Waals surface area contributed by atoms with Crippen molar-refractivity contribution >= 4 is 17.3 Å². The molecule has 1 aromatic carbocycles. The standard InChI is InChI=1S/C16H12FNO3S/c1-10-14(8-20-16(19)12-6-7-22-9-12)18-21-15(10)11-2-4-13(17)5-3-11/h2-7,9H,8H2,1H3. The van der Waals surface area contributed by atoms with E-state index in [0.29, 0.717) is 17.0 Å². The van der Waals surface area contributed by atoms with Gasteiger partial charge >= 0.3 is 5.97 Å². The highest BCUT2D eigenvalue weighted by molar-refractivity contribution is 7.08. The van der Waals surface area contributed by atoms with Crippen LogP contribution in [0.1, 0.15) is 21.6 Å². The molecule has 3 aromatic rings. The van der Waals surface area contributed by atoms with E-state index in [0.717, 1.165) is 11.1 Å². The Morgan fingerprint density at radius 2 is 2.09 bits per heavy atom. The second-order valence-corrected chi connectivity index (χ2v) is 5.46. The van der Waals surface area contributed by atoms with Gasteiger partial charge in [0.2, 0.25) is 0 Å². The van der Waals surface area contributed by atoms with E-state index in [1.807, 2.05) is 12.3 Å². The van der Waals surface area contributed by atoms with Gasteiger partial charge in [0.05, 0.1) is 5.56 Å². The number of rotatable bonds is 4. The van der Waals surface area contributed by atoms with Crippen LogP contribution in [0.3, 0.4) is 0 Å². The number of carbonyl (C=O) groups is 1. The molecule has 2 aromatic heterocycles. The first-order chi connectivity index (χ1) is 10.6. The molecule has 0 N–H and O–H groups in total. The monoisotopic (exact) mass is 317 g/mol. The molecule has 0 atom stereocenters. The van der Waals surface area contributed by atoms with Gasteiger partial charge in [-0.25, -0.2) is 9.18 Å². The minimum Gasteiger partial charge on any atom is -0.455 e. The van der Waals surface area contributed by atoms with Crippen LogP contribution in [0.4, 0.5) is 4.39 Å². The predicted octanol–water partition coefficient (Wildman–Crippen LogP) is 4.21. The molecule has 0 amide bonds. The molecule has 0 saturated heterocycles. The first kappa shape index (κ1) is 14.5. The van der Waals surface area contributed by atoms with Gasteiger partial charge in [-0.05, 0) is 42.6 Å². The molecule has 0 spiro atoms. The van der Waals surface area contributed by atoms with Gasteiger partial charge in [0.1, 0.15) is 18.1 Å². The van der Waals surface area contributed by atoms with E-state index >= 15 is 0 Å². The van der Waals surface area contributed by atoms with Gasteiger partial charge in [0.25, 0.3) is 0 Å². The minimum absolute atomic E-state index is 0.0329. The second kappa shape index (κ2) is 6.11. The highest BCUT2D eigenvalue weighted by atomic mass is 32.1. The van der Waals surface area contributed by atoms with Crippen LogP contribution in [-0.2, 0) is 11.3 Å². The number of thiophene rings is 1. The number of hydrogen-bond acceptors (Lipinski definition) is 5. The molecular weight excluding hydrogens is 305 g/mol. The van der Waals surface area contributed by atoms with Crippen molar-refractivity contribution in [2.75, 3.05) is 0 Å². The summed E-state index contributed by atoms with van der Waals surface area (Å²) >= 11 is 1.43. The third-order valence-corrected chi connectivity index (χ3v) is 3.91. The molecule has 0 aliphatic heterocycles. The number of ether oxygens (including phenoxy) is 1. The molecule has 6 heteroatoms. The summed E-state index contributed by atoms with van der Waals surface area (Å²) in [4.78, 5) is 11.8. The molecule has 0 bridgehead atoms. The Morgan fingerprint density at radius 3 is 2.77 bits per heavy atom. The normalized spacial score (nSPS) is 10.6. The molecule has 4 nitrogen and oxygen atoms in total. The zero-order chi connectivity index (χ0) is 15.5. The average molecular weight is 317 g/mol. The van der Waals surface area contributed by atoms with Crippen molar-refractivity contribution in [1.29, 1.82) is 0 Å². The number of nitrogens with zero attached hydrogens (tertiary/aromatic N) is 1. The Morgan fingerprint density at radius 1 is 1.32 bits per heavy atom. The van der Waals surface area contributed by atoms with Crippen LogP contribution in [0, 0.1) is 12.7 Å². The summed E-state index contributed by atoms with van der Waals surface area (Å²) < 4.78 is 23.4. The summed E-state index contributed by atoms with van der Waals surface area (Å²) in [5.74, 6) is -0.167. The Kier molecular flexibility index (Phi) is 4.02. The van der Waals surface area contributed by atoms with Gasteiger partial charge in [0, 0.05) is 16.5 Å². The lowest BCUT2D eigenvalue weighted by molar-refractivity contribution is 0.0464. The second-order valence-electron chi connectivity index (χ2n) is 4.68. The number of esters is 1. The lowest BCUT2D eigenvalue weighted by Crippen LogP contribution is -2.04. The summed E-state index contributed by atoms with van der Waals surface area (Å²) in [6.45, 7) is 1.86. The third-order valence-electron chi connectivity index (χ3n) is 3.22. The van der Waals surface area contributed by atoms with Crippen molar-refractivity contribution in [3.8, 4) is 11.3 Å². The van der Waals surface area contributed by atoms with Crippen molar-refractivity contribution in [2.24, 2.45) is 0 Å². The zero-order valence-electron chi connectivity index (χ0n) is 11.7. The van der Waals surface area contributed by atoms with Gasteiger partial charge in [-0.1, -0.05) is 5.16 Å². The Labute approximate surface area is 130 Å². The number of carbonyl (C=O) groups excluding carboxylic acids is 1. The number of benzene rings is 1. The van der Waals surface area contributed by atoms with E-state index in [2.05, 4.69) is 5.16 Å². The molecule has 22 heavy (non-hydrogen) atoms. The highest BCUT2D eigenvalue weighted by Gasteiger charge is 2.16. The van der Waals surface area contributed by atoms with Crippen LogP contribution in [0.25, 0.3) is 11.3 Å². The van der Waals surface area contributed by atoms with E-state index in [4.69, 9.17) is 9.26 Å². The molecular formula is C16H12FNO3S. The SMILES string of the molecule is Cc1c(COC(=O)c2ccsc2)noc1-c1ccc(F)cc1. The quantitative estimate of drug-likeness (QED) is 0.676. The fourth-order valence-corrected chi connectivity index (χ4v) is 2.60. The van der Waals surface area contributed by atoms with Crippen LogP contribution in [0.5, 0.6) is 0 Å². The Balaban J connectivity index is 1.73. The maximum atomic E-state index is 12.9. The van der Waals surface area contributed by atoms with E-state index in [1.165, 1.54) is 23.5 Å². The number of hydrogen-bond donors (Lipinski definition) is 0. The fraction of sp³-hybridized carbons (Fsp3) is 0.125. The highest BCUT2D eigenvalue weighted by Crippen LogP contribution is 2.26. The van der Waals surface area contributed by atoms with Crippen molar-refractivity contribution in [1.82, 2.24) is 5.16 Å². The van der Waals surface area contributed by atoms with Gasteiger partial charge in [-0.2, -0.15) is 11.3 Å². The molecule has 0 radical (unpaired) electrons. The lowest BCUT2D eigenvalue weighted by atomic mass is 10.1. The molecule has 0 fully saturated rings. The van der Waals surface area contributed by atoms with Crippen LogP contribution in [0.15, 0.2) is 45.6 Å². The molecule has 112 valence electrons. The van der Waals surface area contributed by atoms with Crippen molar-refractivity contribution < 1.29 is 18.4 Å². The number of aromatic nitrogens is 1. The third kappa shape index (κ3) is 2.92. The van der Waals surface area contributed by atoms with Gasteiger partial charge in [-0.3, -0.25) is 0 Å². The predicted molar refractivity (Wildman–Crippen MR) is 80.1 cm³/mol. The van der Waals surface area contributed by atoms with Gasteiger partial charge in [-0.15, -0.1) is 0 Å². The lowest BCUT2D eigenvalue weighted by Gasteiger charge is -2.01. The van der Waals surface area contributed by atoms with Gasteiger partial charge in [0.15, 0.2) is 5.76 Å². The van der Waals surface area contributed by atoms with Crippen LogP contribution in [0.2, 0.25) is 0 Å². The number of halogens is 1. The van der Waals surface area contributed by atoms with Crippen molar-refractivity contribution in [3.63, 3.8) is 0 Å². The van der Waals surface area contributed by atoms with E-state index in [1.54, 1.807) is 23.6 Å². The minimum atomic E-state index is -0.396. The first-order valence-electron chi connectivity index (χ1n) is 6.55. The summed E-state index contributed by atoms with van der Waals surface area (Å²) in [5, 5.41) is 7.46. The molecule has 0 aliphatic rings. The Bertz CT molecular complexity index is 778. The summed E-state index contributed by atoms with van der Waals surface area (Å²) in [7, 11) is 0. The molecule has 0 unspecified atom stereocenters. The summed E-state index contributed by atoms with van der Waals surface area (Å²) in [6.07, 6.45) is 0. The van der Waals surface area contributed by atoms with E-state index in [9.17, 15) is 9.18 Å². The van der Waals surface area contributed by atoms with Gasteiger partial charge < -0.3 is 9.26 Å². The Hall–Kier alpha value is -2.47. The van der Waals surface area contributed by atoms with Crippen LogP contribution in [-0.4, -0.2) is 11.1 Å². The van der Waals surface area contributed by atoms with Crippen LogP contribution >= 0.6 is 11.3 Å². The fourth-order valence-electron chi connectivity index (χ4n) is 1.97. The average Bonchev–Trinajstić information content (AvgIpc) is 3.16. The topological polar surface area (TPSA) is 52.3 Å². The smallest absolute Gasteiger partial charge is 0.339 e. The van der Waals surface area contributed by atoms with E-state index < -0.39 is 5.97 Å². The molecule has 0 aliphatic carbocycles. The molecule has 3 rings (SSSR count). The maximum absolute atomic E-state index is 12.9. The van der Waals surface area contributed by atoms with Crippen LogP contribution < -0.4 is 0 Å². The van der Waals surface area contributed by atoms with E-state index in [-0.39, 0.29) is 12.4 Å².